The van der Waals surface area contributed by atoms with Crippen molar-refractivity contribution in [2.75, 3.05) is 13.1 Å². The predicted molar refractivity (Wildman–Crippen MR) is 83.1 cm³/mol. The second-order valence-electron chi connectivity index (χ2n) is 8.60. The fourth-order valence-corrected chi connectivity index (χ4v) is 5.93. The third-order valence-electron chi connectivity index (χ3n) is 6.51. The Hall–Kier alpha value is -0.770. The van der Waals surface area contributed by atoms with Gasteiger partial charge in [0.2, 0.25) is 0 Å². The van der Waals surface area contributed by atoms with Gasteiger partial charge in [-0.1, -0.05) is 0 Å². The van der Waals surface area contributed by atoms with Crippen molar-refractivity contribution in [2.45, 2.75) is 69.4 Å². The molecule has 4 saturated carbocycles. The summed E-state index contributed by atoms with van der Waals surface area (Å²) in [6.07, 6.45) is 10.3. The first-order valence-electron chi connectivity index (χ1n) is 8.85. The van der Waals surface area contributed by atoms with Crippen LogP contribution in [-0.2, 0) is 0 Å². The van der Waals surface area contributed by atoms with Crippen LogP contribution in [0.4, 0.5) is 4.79 Å². The second-order valence-corrected chi connectivity index (χ2v) is 8.60. The first-order valence-corrected chi connectivity index (χ1v) is 8.85. The van der Waals surface area contributed by atoms with E-state index < -0.39 is 0 Å². The lowest BCUT2D eigenvalue weighted by Gasteiger charge is -2.56. The summed E-state index contributed by atoms with van der Waals surface area (Å²) in [6, 6.07) is 0.0619. The summed E-state index contributed by atoms with van der Waals surface area (Å²) < 4.78 is 0. The van der Waals surface area contributed by atoms with Crippen molar-refractivity contribution in [3.63, 3.8) is 0 Å². The molecular weight excluding hydrogens is 262 g/mol. The molecule has 5 aliphatic rings. The topological polar surface area (TPSA) is 53.2 Å². The standard InChI is InChI=1S/C17H29N3O/c1-16(3-2-4-19-16)11-18-15(21)20-17-8-12-5-13(9-17)7-14(6-12)10-17/h12-14,19H,2-11H2,1H3,(H2,18,20,21). The summed E-state index contributed by atoms with van der Waals surface area (Å²) in [7, 11) is 0. The molecule has 3 N–H and O–H groups in total. The van der Waals surface area contributed by atoms with Crippen LogP contribution in [0.15, 0.2) is 0 Å². The zero-order chi connectivity index (χ0) is 14.5. The third-order valence-corrected chi connectivity index (χ3v) is 6.51. The lowest BCUT2D eigenvalue weighted by Crippen LogP contribution is -2.62. The Balaban J connectivity index is 1.34. The highest BCUT2D eigenvalue weighted by atomic mass is 16.2. The van der Waals surface area contributed by atoms with Gasteiger partial charge >= 0.3 is 6.03 Å². The fraction of sp³-hybridized carbons (Fsp3) is 0.941. The quantitative estimate of drug-likeness (QED) is 0.748. The van der Waals surface area contributed by atoms with Crippen molar-refractivity contribution in [2.24, 2.45) is 17.8 Å². The van der Waals surface area contributed by atoms with Gasteiger partial charge in [-0.25, -0.2) is 4.79 Å². The maximum atomic E-state index is 12.4. The smallest absolute Gasteiger partial charge is 0.315 e. The molecular formula is C17H29N3O. The minimum Gasteiger partial charge on any atom is -0.336 e. The molecule has 1 heterocycles. The first kappa shape index (κ1) is 13.9. The van der Waals surface area contributed by atoms with E-state index in [0.717, 1.165) is 37.3 Å². The highest BCUT2D eigenvalue weighted by Gasteiger charge is 2.51. The van der Waals surface area contributed by atoms with Crippen molar-refractivity contribution >= 4 is 6.03 Å². The summed E-state index contributed by atoms with van der Waals surface area (Å²) in [5, 5.41) is 10.0. The maximum absolute atomic E-state index is 12.4. The lowest BCUT2D eigenvalue weighted by molar-refractivity contribution is -0.0135. The van der Waals surface area contributed by atoms with Crippen LogP contribution in [0.1, 0.15) is 58.3 Å². The minimum absolute atomic E-state index is 0.0619. The normalized spacial score (nSPS) is 47.6. The molecule has 0 aromatic carbocycles. The molecule has 1 atom stereocenters. The van der Waals surface area contributed by atoms with Gasteiger partial charge in [-0.15, -0.1) is 0 Å². The van der Waals surface area contributed by atoms with E-state index in [1.165, 1.54) is 44.9 Å². The number of rotatable bonds is 3. The maximum Gasteiger partial charge on any atom is 0.315 e. The van der Waals surface area contributed by atoms with E-state index in [1.807, 2.05) is 0 Å². The lowest BCUT2D eigenvalue weighted by atomic mass is 9.53. The number of carbonyl (C=O) groups is 1. The van der Waals surface area contributed by atoms with Gasteiger partial charge in [-0.05, 0) is 82.6 Å². The number of carbonyl (C=O) groups excluding carboxylic acids is 1. The van der Waals surface area contributed by atoms with Gasteiger partial charge in [0.05, 0.1) is 0 Å². The fourth-order valence-electron chi connectivity index (χ4n) is 5.93. The molecule has 5 fully saturated rings. The van der Waals surface area contributed by atoms with E-state index in [1.54, 1.807) is 0 Å². The number of amides is 2. The molecule has 0 aromatic heterocycles. The van der Waals surface area contributed by atoms with Crippen molar-refractivity contribution in [1.82, 2.24) is 16.0 Å². The average Bonchev–Trinajstić information content (AvgIpc) is 2.82. The van der Waals surface area contributed by atoms with Crippen molar-refractivity contribution in [3.8, 4) is 0 Å². The Morgan fingerprint density at radius 2 is 1.76 bits per heavy atom. The largest absolute Gasteiger partial charge is 0.336 e. The van der Waals surface area contributed by atoms with Crippen molar-refractivity contribution < 1.29 is 4.79 Å². The highest BCUT2D eigenvalue weighted by Crippen LogP contribution is 2.55. The van der Waals surface area contributed by atoms with Crippen LogP contribution in [0, 0.1) is 17.8 Å². The molecule has 4 nitrogen and oxygen atoms in total. The molecule has 1 saturated heterocycles. The van der Waals surface area contributed by atoms with Gasteiger partial charge in [0.15, 0.2) is 0 Å². The van der Waals surface area contributed by atoms with Gasteiger partial charge in [0.25, 0.3) is 0 Å². The molecule has 4 bridgehead atoms. The third kappa shape index (κ3) is 2.67. The van der Waals surface area contributed by atoms with E-state index in [-0.39, 0.29) is 17.1 Å². The Bertz CT molecular complexity index is 392. The molecule has 2 amide bonds. The zero-order valence-electron chi connectivity index (χ0n) is 13.2. The Morgan fingerprint density at radius 3 is 2.29 bits per heavy atom. The number of hydrogen-bond donors (Lipinski definition) is 3. The summed E-state index contributed by atoms with van der Waals surface area (Å²) in [5.41, 5.74) is 0.224. The number of urea groups is 1. The summed E-state index contributed by atoms with van der Waals surface area (Å²) in [4.78, 5) is 12.4. The molecule has 21 heavy (non-hydrogen) atoms. The van der Waals surface area contributed by atoms with E-state index in [4.69, 9.17) is 0 Å². The van der Waals surface area contributed by atoms with Gasteiger partial charge in [-0.2, -0.15) is 0 Å². The highest BCUT2D eigenvalue weighted by molar-refractivity contribution is 5.75. The van der Waals surface area contributed by atoms with Gasteiger partial charge in [-0.3, -0.25) is 0 Å². The summed E-state index contributed by atoms with van der Waals surface area (Å²) >= 11 is 0. The van der Waals surface area contributed by atoms with Crippen LogP contribution in [0.2, 0.25) is 0 Å². The zero-order valence-corrected chi connectivity index (χ0v) is 13.2. The monoisotopic (exact) mass is 291 g/mol. The van der Waals surface area contributed by atoms with Crippen LogP contribution in [-0.4, -0.2) is 30.2 Å². The van der Waals surface area contributed by atoms with E-state index >= 15 is 0 Å². The predicted octanol–water partition coefficient (Wildman–Crippen LogP) is 2.40. The van der Waals surface area contributed by atoms with Crippen LogP contribution >= 0.6 is 0 Å². The van der Waals surface area contributed by atoms with Gasteiger partial charge in [0, 0.05) is 17.6 Å². The molecule has 4 heteroatoms. The molecule has 0 radical (unpaired) electrons. The molecule has 0 aromatic rings. The molecule has 1 aliphatic heterocycles. The van der Waals surface area contributed by atoms with Crippen molar-refractivity contribution in [1.29, 1.82) is 0 Å². The summed E-state index contributed by atoms with van der Waals surface area (Å²) in [6.45, 7) is 4.03. The first-order chi connectivity index (χ1) is 10.0. The number of hydrogen-bond acceptors (Lipinski definition) is 2. The number of nitrogens with one attached hydrogen (secondary N) is 3. The molecule has 4 aliphatic carbocycles. The average molecular weight is 291 g/mol. The van der Waals surface area contributed by atoms with Gasteiger partial charge < -0.3 is 16.0 Å². The molecule has 5 rings (SSSR count). The SMILES string of the molecule is CC1(CNC(=O)NC23CC4CC(CC(C4)C2)C3)CCCN1. The minimum atomic E-state index is 0.0619. The molecule has 0 spiro atoms. The van der Waals surface area contributed by atoms with Gasteiger partial charge in [0.1, 0.15) is 0 Å². The van der Waals surface area contributed by atoms with Crippen LogP contribution < -0.4 is 16.0 Å². The van der Waals surface area contributed by atoms with Crippen LogP contribution in [0.5, 0.6) is 0 Å². The van der Waals surface area contributed by atoms with E-state index in [2.05, 4.69) is 22.9 Å². The molecule has 1 unspecified atom stereocenters. The van der Waals surface area contributed by atoms with Crippen LogP contribution in [0.3, 0.4) is 0 Å². The molecule has 118 valence electrons. The summed E-state index contributed by atoms with van der Waals surface area (Å²) in [5.74, 6) is 2.64. The van der Waals surface area contributed by atoms with E-state index in [9.17, 15) is 4.79 Å². The van der Waals surface area contributed by atoms with Crippen LogP contribution in [0.25, 0.3) is 0 Å². The van der Waals surface area contributed by atoms with Crippen molar-refractivity contribution in [3.05, 3.63) is 0 Å². The van der Waals surface area contributed by atoms with E-state index in [0.29, 0.717) is 0 Å². The Labute approximate surface area is 127 Å². The Morgan fingerprint density at radius 1 is 1.14 bits per heavy atom. The second kappa shape index (κ2) is 4.87. The Kier molecular flexibility index (Phi) is 3.21.